The van der Waals surface area contributed by atoms with Gasteiger partial charge in [0.05, 0.1) is 0 Å². The molecule has 192 valence electrons. The van der Waals surface area contributed by atoms with Gasteiger partial charge in [-0.2, -0.15) is 0 Å². The highest BCUT2D eigenvalue weighted by molar-refractivity contribution is 8.76. The Bertz CT molecular complexity index is 1380. The van der Waals surface area contributed by atoms with E-state index in [0.29, 0.717) is 19.7 Å². The molecule has 1 aliphatic heterocycles. The Morgan fingerprint density at radius 1 is 1.22 bits per heavy atom. The van der Waals surface area contributed by atoms with E-state index in [-0.39, 0.29) is 17.2 Å². The van der Waals surface area contributed by atoms with Gasteiger partial charge >= 0.3 is 6.09 Å². The quantitative estimate of drug-likeness (QED) is 0.254. The van der Waals surface area contributed by atoms with E-state index in [2.05, 4.69) is 27.4 Å². The molecule has 3 heterocycles. The van der Waals surface area contributed by atoms with E-state index in [1.807, 2.05) is 37.3 Å². The summed E-state index contributed by atoms with van der Waals surface area (Å²) >= 11 is 0. The summed E-state index contributed by atoms with van der Waals surface area (Å²) in [4.78, 5) is 21.8. The van der Waals surface area contributed by atoms with Gasteiger partial charge in [-0.15, -0.1) is 0 Å². The second-order valence-corrected chi connectivity index (χ2v) is 11.8. The highest BCUT2D eigenvalue weighted by atomic mass is 33.1. The first kappa shape index (κ1) is 25.6. The molecule has 0 unspecified atom stereocenters. The van der Waals surface area contributed by atoms with Crippen LogP contribution < -0.4 is 5.32 Å². The minimum absolute atomic E-state index is 0.134. The lowest BCUT2D eigenvalue weighted by Crippen LogP contribution is -2.28. The van der Waals surface area contributed by atoms with Gasteiger partial charge in [-0.3, -0.25) is 0 Å². The lowest BCUT2D eigenvalue weighted by atomic mass is 10.00. The normalized spacial score (nSPS) is 13.8. The van der Waals surface area contributed by atoms with Gasteiger partial charge in [0.25, 0.3) is 0 Å². The number of pyridine rings is 1. The number of nitrogens with zero attached hydrogens (tertiary/aromatic N) is 2. The van der Waals surface area contributed by atoms with Crippen LogP contribution in [0.1, 0.15) is 23.6 Å². The van der Waals surface area contributed by atoms with Gasteiger partial charge in [0.15, 0.2) is 0 Å². The van der Waals surface area contributed by atoms with E-state index >= 15 is 0 Å². The first-order chi connectivity index (χ1) is 18.0. The second kappa shape index (κ2) is 11.6. The number of carbonyl (C=O) groups excluding carboxylic acids is 1. The Balaban J connectivity index is 1.19. The Morgan fingerprint density at radius 3 is 2.84 bits per heavy atom. The molecule has 0 saturated carbocycles. The molecule has 9 heteroatoms. The van der Waals surface area contributed by atoms with Crippen LogP contribution in [0, 0.1) is 5.82 Å². The average Bonchev–Trinajstić information content (AvgIpc) is 3.13. The maximum atomic E-state index is 14.1. The van der Waals surface area contributed by atoms with Crippen molar-refractivity contribution < 1.29 is 13.9 Å². The molecule has 2 N–H and O–H groups in total. The van der Waals surface area contributed by atoms with Crippen molar-refractivity contribution in [1.82, 2.24) is 20.2 Å². The van der Waals surface area contributed by atoms with Crippen LogP contribution >= 0.6 is 21.6 Å². The van der Waals surface area contributed by atoms with Crippen molar-refractivity contribution in [3.63, 3.8) is 0 Å². The first-order valence-corrected chi connectivity index (χ1v) is 14.4. The summed E-state index contributed by atoms with van der Waals surface area (Å²) in [6.45, 7) is 4.31. The number of H-pyrrole nitrogens is 1. The fourth-order valence-corrected chi connectivity index (χ4v) is 6.37. The van der Waals surface area contributed by atoms with E-state index in [1.165, 1.54) is 5.56 Å². The van der Waals surface area contributed by atoms with Crippen LogP contribution in [0.15, 0.2) is 65.8 Å². The predicted octanol–water partition coefficient (Wildman–Crippen LogP) is 6.41. The Morgan fingerprint density at radius 2 is 2.05 bits per heavy atom. The van der Waals surface area contributed by atoms with Gasteiger partial charge < -0.3 is 19.9 Å². The number of nitrogens with one attached hydrogen (secondary N) is 2. The maximum absolute atomic E-state index is 14.1. The molecular formula is C28H29FN4O2S2. The summed E-state index contributed by atoms with van der Waals surface area (Å²) in [5, 5.41) is 5.57. The molecule has 0 aliphatic carbocycles. The van der Waals surface area contributed by atoms with E-state index in [0.717, 1.165) is 51.3 Å². The van der Waals surface area contributed by atoms with Gasteiger partial charge in [0, 0.05) is 48.2 Å². The lowest BCUT2D eigenvalue weighted by molar-refractivity contribution is 0.110. The molecule has 1 aliphatic rings. The fourth-order valence-electron chi connectivity index (χ4n) is 4.50. The average molecular weight is 537 g/mol. The summed E-state index contributed by atoms with van der Waals surface area (Å²) in [6, 6.07) is 17.1. The number of benzene rings is 2. The van der Waals surface area contributed by atoms with Crippen LogP contribution in [0.4, 0.5) is 9.18 Å². The molecule has 0 fully saturated rings. The maximum Gasteiger partial charge on any atom is 0.409 e. The number of ether oxygens (including phenoxy) is 1. The third-order valence-electron chi connectivity index (χ3n) is 6.27. The minimum atomic E-state index is -0.349. The molecule has 0 spiro atoms. The predicted molar refractivity (Wildman–Crippen MR) is 149 cm³/mol. The SMILES string of the molecule is C[C@H](COC(=O)N(C)Cc1ccc(-c2[nH]c3cc(F)cc4c3c2CCNC4)cc1)SSc1ccccn1. The zero-order valence-electron chi connectivity index (χ0n) is 20.8. The molecule has 0 radical (unpaired) electrons. The van der Waals surface area contributed by atoms with Crippen LogP contribution in [-0.4, -0.2) is 46.4 Å². The number of amides is 1. The molecule has 0 bridgehead atoms. The first-order valence-electron chi connectivity index (χ1n) is 12.2. The number of aromatic amines is 1. The monoisotopic (exact) mass is 536 g/mol. The lowest BCUT2D eigenvalue weighted by Gasteiger charge is -2.19. The zero-order valence-corrected chi connectivity index (χ0v) is 22.4. The van der Waals surface area contributed by atoms with Crippen molar-refractivity contribution in [1.29, 1.82) is 0 Å². The highest BCUT2D eigenvalue weighted by Gasteiger charge is 2.20. The molecule has 37 heavy (non-hydrogen) atoms. The Hall–Kier alpha value is -3.01. The molecule has 1 atom stereocenters. The zero-order chi connectivity index (χ0) is 25.8. The van der Waals surface area contributed by atoms with Crippen molar-refractivity contribution in [3.05, 3.63) is 83.3 Å². The van der Waals surface area contributed by atoms with Crippen molar-refractivity contribution in [2.24, 2.45) is 0 Å². The third kappa shape index (κ3) is 6.11. The van der Waals surface area contributed by atoms with Crippen molar-refractivity contribution in [3.8, 4) is 11.3 Å². The van der Waals surface area contributed by atoms with E-state index < -0.39 is 0 Å². The molecular weight excluding hydrogens is 507 g/mol. The van der Waals surface area contributed by atoms with Gasteiger partial charge in [-0.05, 0) is 77.2 Å². The standard InChI is InChI=1S/C28H29FN4O2S2/c1-18(36-37-25-5-3-4-11-31-25)17-35-28(34)33(2)16-19-6-8-20(9-7-19)27-23-10-12-30-15-21-13-22(29)14-24(32-27)26(21)23/h3-9,11,13-14,18,30,32H,10,12,15-17H2,1-2H3/t18-/m1/s1. The number of carbonyl (C=O) groups is 1. The summed E-state index contributed by atoms with van der Waals surface area (Å²) < 4.78 is 19.7. The van der Waals surface area contributed by atoms with Crippen molar-refractivity contribution in [2.75, 3.05) is 20.2 Å². The van der Waals surface area contributed by atoms with Crippen molar-refractivity contribution >= 4 is 38.6 Å². The smallest absolute Gasteiger partial charge is 0.409 e. The number of halogens is 1. The number of hydrogen-bond donors (Lipinski definition) is 2. The number of aromatic nitrogens is 2. The molecule has 2 aromatic heterocycles. The number of rotatable bonds is 8. The fraction of sp³-hybridized carbons (Fsp3) is 0.286. The minimum Gasteiger partial charge on any atom is -0.448 e. The second-order valence-electron chi connectivity index (χ2n) is 9.18. The molecule has 0 saturated heterocycles. The van der Waals surface area contributed by atoms with Crippen molar-refractivity contribution in [2.45, 2.75) is 36.7 Å². The van der Waals surface area contributed by atoms with Gasteiger partial charge in [0.1, 0.15) is 17.5 Å². The van der Waals surface area contributed by atoms with Crippen LogP contribution in [0.2, 0.25) is 0 Å². The summed E-state index contributed by atoms with van der Waals surface area (Å²) in [5.41, 5.74) is 6.12. The summed E-state index contributed by atoms with van der Waals surface area (Å²) in [7, 11) is 4.95. The van der Waals surface area contributed by atoms with Gasteiger partial charge in [0.2, 0.25) is 0 Å². The molecule has 6 nitrogen and oxygen atoms in total. The van der Waals surface area contributed by atoms with E-state index in [1.54, 1.807) is 51.9 Å². The Labute approximate surface area is 223 Å². The van der Waals surface area contributed by atoms with Crippen LogP contribution in [0.3, 0.4) is 0 Å². The highest BCUT2D eigenvalue weighted by Crippen LogP contribution is 2.35. The molecule has 4 aromatic rings. The summed E-state index contributed by atoms with van der Waals surface area (Å²) in [5.74, 6) is -0.226. The number of hydrogen-bond acceptors (Lipinski definition) is 6. The summed E-state index contributed by atoms with van der Waals surface area (Å²) in [6.07, 6.45) is 2.29. The van der Waals surface area contributed by atoms with Gasteiger partial charge in [-0.25, -0.2) is 14.2 Å². The van der Waals surface area contributed by atoms with Crippen LogP contribution in [0.5, 0.6) is 0 Å². The van der Waals surface area contributed by atoms with E-state index in [9.17, 15) is 9.18 Å². The third-order valence-corrected chi connectivity index (χ3v) is 9.03. The molecule has 5 rings (SSSR count). The van der Waals surface area contributed by atoms with Crippen LogP contribution in [-0.2, 0) is 24.2 Å². The largest absolute Gasteiger partial charge is 0.448 e. The Kier molecular flexibility index (Phi) is 8.02. The topological polar surface area (TPSA) is 70.2 Å². The molecule has 1 amide bonds. The van der Waals surface area contributed by atoms with Gasteiger partial charge in [-0.1, -0.05) is 41.1 Å². The molecule has 2 aromatic carbocycles. The van der Waals surface area contributed by atoms with Crippen LogP contribution in [0.25, 0.3) is 22.2 Å². The van der Waals surface area contributed by atoms with E-state index in [4.69, 9.17) is 4.74 Å².